The van der Waals surface area contributed by atoms with Crippen molar-refractivity contribution in [3.8, 4) is 5.88 Å². The van der Waals surface area contributed by atoms with Crippen LogP contribution in [0, 0.1) is 0 Å². The zero-order valence-corrected chi connectivity index (χ0v) is 10.2. The minimum atomic E-state index is -0.0773. The lowest BCUT2D eigenvalue weighted by Gasteiger charge is -2.08. The molecule has 4 nitrogen and oxygen atoms in total. The highest BCUT2D eigenvalue weighted by atomic mass is 79.9. The average Bonchev–Trinajstić information content (AvgIpc) is 2.26. The standard InChI is InChI=1S/C10H14BrNO3/c1-14-3-2-4-15-10-8(7-13)5-9(11)6-12-10/h5-6,13H,2-4,7H2,1H3. The first kappa shape index (κ1) is 12.4. The Hall–Kier alpha value is -0.650. The van der Waals surface area contributed by atoms with Gasteiger partial charge >= 0.3 is 0 Å². The zero-order chi connectivity index (χ0) is 11.1. The van der Waals surface area contributed by atoms with E-state index in [0.29, 0.717) is 24.7 Å². The molecule has 0 amide bonds. The van der Waals surface area contributed by atoms with Gasteiger partial charge in [0, 0.05) is 36.4 Å². The van der Waals surface area contributed by atoms with Crippen molar-refractivity contribution in [1.29, 1.82) is 0 Å². The van der Waals surface area contributed by atoms with Crippen LogP contribution in [-0.2, 0) is 11.3 Å². The van der Waals surface area contributed by atoms with Crippen LogP contribution in [-0.4, -0.2) is 30.4 Å². The van der Waals surface area contributed by atoms with Gasteiger partial charge in [0.05, 0.1) is 13.2 Å². The Labute approximate surface area is 97.4 Å². The summed E-state index contributed by atoms with van der Waals surface area (Å²) in [6, 6.07) is 1.79. The SMILES string of the molecule is COCCCOc1ncc(Br)cc1CO. The third-order valence-electron chi connectivity index (χ3n) is 1.79. The summed E-state index contributed by atoms with van der Waals surface area (Å²) in [6.45, 7) is 1.12. The molecule has 15 heavy (non-hydrogen) atoms. The summed E-state index contributed by atoms with van der Waals surface area (Å²) >= 11 is 3.28. The fourth-order valence-corrected chi connectivity index (χ4v) is 1.46. The summed E-state index contributed by atoms with van der Waals surface area (Å²) in [6.07, 6.45) is 2.45. The van der Waals surface area contributed by atoms with Gasteiger partial charge in [-0.15, -0.1) is 0 Å². The van der Waals surface area contributed by atoms with Crippen LogP contribution in [0.5, 0.6) is 5.88 Å². The van der Waals surface area contributed by atoms with Crippen LogP contribution in [0.4, 0.5) is 0 Å². The van der Waals surface area contributed by atoms with Crippen LogP contribution >= 0.6 is 15.9 Å². The minimum absolute atomic E-state index is 0.0773. The van der Waals surface area contributed by atoms with E-state index in [1.54, 1.807) is 19.4 Å². The molecule has 0 aliphatic heterocycles. The highest BCUT2D eigenvalue weighted by Gasteiger charge is 2.04. The summed E-state index contributed by atoms with van der Waals surface area (Å²) < 4.78 is 11.1. The molecule has 0 aromatic carbocycles. The summed E-state index contributed by atoms with van der Waals surface area (Å²) in [4.78, 5) is 4.08. The topological polar surface area (TPSA) is 51.6 Å². The predicted molar refractivity (Wildman–Crippen MR) is 59.8 cm³/mol. The highest BCUT2D eigenvalue weighted by Crippen LogP contribution is 2.19. The number of methoxy groups -OCH3 is 1. The summed E-state index contributed by atoms with van der Waals surface area (Å²) in [5.41, 5.74) is 0.682. The van der Waals surface area contributed by atoms with Crippen molar-refractivity contribution in [2.45, 2.75) is 13.0 Å². The summed E-state index contributed by atoms with van der Waals surface area (Å²) in [5.74, 6) is 0.483. The molecule has 0 saturated carbocycles. The maximum Gasteiger partial charge on any atom is 0.218 e. The van der Waals surface area contributed by atoms with Crippen molar-refractivity contribution in [2.75, 3.05) is 20.3 Å². The van der Waals surface area contributed by atoms with Crippen molar-refractivity contribution in [2.24, 2.45) is 0 Å². The second kappa shape index (κ2) is 6.76. The number of halogens is 1. The van der Waals surface area contributed by atoms with E-state index in [9.17, 15) is 0 Å². The molecule has 1 aromatic rings. The largest absolute Gasteiger partial charge is 0.477 e. The second-order valence-corrected chi connectivity index (χ2v) is 3.89. The van der Waals surface area contributed by atoms with E-state index in [-0.39, 0.29) is 6.61 Å². The molecule has 0 aliphatic rings. The molecular formula is C10H14BrNO3. The number of rotatable bonds is 6. The Balaban J connectivity index is 2.52. The lowest BCUT2D eigenvalue weighted by Crippen LogP contribution is -2.04. The predicted octanol–water partition coefficient (Wildman–Crippen LogP) is 1.75. The number of aliphatic hydroxyl groups is 1. The molecule has 84 valence electrons. The number of pyridine rings is 1. The molecule has 0 radical (unpaired) electrons. The number of ether oxygens (including phenoxy) is 2. The fourth-order valence-electron chi connectivity index (χ4n) is 1.08. The van der Waals surface area contributed by atoms with Gasteiger partial charge in [0.1, 0.15) is 0 Å². The van der Waals surface area contributed by atoms with Gasteiger partial charge in [0.15, 0.2) is 0 Å². The molecule has 0 fully saturated rings. The Morgan fingerprint density at radius 2 is 2.27 bits per heavy atom. The zero-order valence-electron chi connectivity index (χ0n) is 8.57. The third kappa shape index (κ3) is 4.15. The number of nitrogens with zero attached hydrogens (tertiary/aromatic N) is 1. The molecule has 0 saturated heterocycles. The summed E-state index contributed by atoms with van der Waals surface area (Å²) in [5, 5.41) is 9.08. The van der Waals surface area contributed by atoms with Crippen molar-refractivity contribution in [3.63, 3.8) is 0 Å². The Kier molecular flexibility index (Phi) is 5.60. The van der Waals surface area contributed by atoms with Gasteiger partial charge in [-0.05, 0) is 22.0 Å². The van der Waals surface area contributed by atoms with Crippen LogP contribution in [0.1, 0.15) is 12.0 Å². The normalized spacial score (nSPS) is 10.3. The van der Waals surface area contributed by atoms with E-state index in [1.165, 1.54) is 0 Å². The molecule has 1 N–H and O–H groups in total. The van der Waals surface area contributed by atoms with E-state index in [4.69, 9.17) is 14.6 Å². The van der Waals surface area contributed by atoms with Gasteiger partial charge in [-0.25, -0.2) is 4.98 Å². The average molecular weight is 276 g/mol. The van der Waals surface area contributed by atoms with Crippen LogP contribution < -0.4 is 4.74 Å². The first-order valence-corrected chi connectivity index (χ1v) is 5.44. The van der Waals surface area contributed by atoms with Crippen molar-refractivity contribution >= 4 is 15.9 Å². The highest BCUT2D eigenvalue weighted by molar-refractivity contribution is 9.10. The Bertz CT molecular complexity index is 307. The van der Waals surface area contributed by atoms with Gasteiger partial charge < -0.3 is 14.6 Å². The van der Waals surface area contributed by atoms with Gasteiger partial charge in [0.25, 0.3) is 0 Å². The molecule has 0 unspecified atom stereocenters. The van der Waals surface area contributed by atoms with Crippen molar-refractivity contribution in [3.05, 3.63) is 22.3 Å². The monoisotopic (exact) mass is 275 g/mol. The number of hydrogen-bond donors (Lipinski definition) is 1. The summed E-state index contributed by atoms with van der Waals surface area (Å²) in [7, 11) is 1.65. The first-order chi connectivity index (χ1) is 7.27. The quantitative estimate of drug-likeness (QED) is 0.804. The molecule has 1 heterocycles. The lowest BCUT2D eigenvalue weighted by molar-refractivity contribution is 0.169. The van der Waals surface area contributed by atoms with Gasteiger partial charge in [-0.1, -0.05) is 0 Å². The molecule has 0 spiro atoms. The van der Waals surface area contributed by atoms with Crippen molar-refractivity contribution < 1.29 is 14.6 Å². The third-order valence-corrected chi connectivity index (χ3v) is 2.23. The van der Waals surface area contributed by atoms with E-state index < -0.39 is 0 Å². The van der Waals surface area contributed by atoms with Crippen molar-refractivity contribution in [1.82, 2.24) is 4.98 Å². The molecular weight excluding hydrogens is 262 g/mol. The van der Waals surface area contributed by atoms with E-state index in [2.05, 4.69) is 20.9 Å². The van der Waals surface area contributed by atoms with Gasteiger partial charge in [-0.3, -0.25) is 0 Å². The second-order valence-electron chi connectivity index (χ2n) is 2.97. The molecule has 0 atom stereocenters. The molecule has 5 heteroatoms. The number of aromatic nitrogens is 1. The molecule has 0 bridgehead atoms. The fraction of sp³-hybridized carbons (Fsp3) is 0.500. The van der Waals surface area contributed by atoms with Gasteiger partial charge in [0.2, 0.25) is 5.88 Å². The van der Waals surface area contributed by atoms with E-state index in [0.717, 1.165) is 10.9 Å². The van der Waals surface area contributed by atoms with E-state index in [1.807, 2.05) is 0 Å². The van der Waals surface area contributed by atoms with Crippen LogP contribution in [0.15, 0.2) is 16.7 Å². The number of hydrogen-bond acceptors (Lipinski definition) is 4. The Morgan fingerprint density at radius 1 is 1.47 bits per heavy atom. The lowest BCUT2D eigenvalue weighted by atomic mass is 10.3. The van der Waals surface area contributed by atoms with Gasteiger partial charge in [-0.2, -0.15) is 0 Å². The van der Waals surface area contributed by atoms with Crippen LogP contribution in [0.25, 0.3) is 0 Å². The van der Waals surface area contributed by atoms with Crippen LogP contribution in [0.3, 0.4) is 0 Å². The minimum Gasteiger partial charge on any atom is -0.477 e. The number of aliphatic hydroxyl groups excluding tert-OH is 1. The van der Waals surface area contributed by atoms with Crippen LogP contribution in [0.2, 0.25) is 0 Å². The first-order valence-electron chi connectivity index (χ1n) is 4.65. The Morgan fingerprint density at radius 3 is 2.93 bits per heavy atom. The smallest absolute Gasteiger partial charge is 0.218 e. The molecule has 0 aliphatic carbocycles. The van der Waals surface area contributed by atoms with E-state index >= 15 is 0 Å². The molecule has 1 aromatic heterocycles. The maximum atomic E-state index is 9.08. The maximum absolute atomic E-state index is 9.08. The molecule has 1 rings (SSSR count).